The monoisotopic (exact) mass is 642 g/mol. The molecular formula is C46H30N2O2. The van der Waals surface area contributed by atoms with E-state index in [0.29, 0.717) is 0 Å². The maximum Gasteiger partial charge on any atom is 0.153 e. The lowest BCUT2D eigenvalue weighted by molar-refractivity contribution is 0.477. The summed E-state index contributed by atoms with van der Waals surface area (Å²) in [6.07, 6.45) is 0. The molecule has 1 aromatic heterocycles. The standard InChI is InChI=1S/C46H30N2O2/c1-2-14-33(15-3-1)48-41-20-7-9-23-44(41)49-45-30-35(28-29-42(45)48)47(40-21-10-13-31-12-4-5-16-36(31)40)34-26-24-32(25-27-34)37-18-11-19-39-38-17-6-8-22-43(38)50-46(37)39/h1-30H. The summed E-state index contributed by atoms with van der Waals surface area (Å²) in [5.41, 5.74) is 10.2. The first-order valence-electron chi connectivity index (χ1n) is 16.8. The Kier molecular flexibility index (Phi) is 6.46. The highest BCUT2D eigenvalue weighted by molar-refractivity contribution is 6.09. The molecule has 0 N–H and O–H groups in total. The topological polar surface area (TPSA) is 28.9 Å². The zero-order valence-corrected chi connectivity index (χ0v) is 27.0. The highest BCUT2D eigenvalue weighted by atomic mass is 16.5. The average Bonchev–Trinajstić information content (AvgIpc) is 3.57. The van der Waals surface area contributed by atoms with Gasteiger partial charge in [0, 0.05) is 39.2 Å². The number of rotatable bonds is 5. The lowest BCUT2D eigenvalue weighted by Gasteiger charge is -2.34. The maximum absolute atomic E-state index is 6.64. The van der Waals surface area contributed by atoms with Crippen molar-refractivity contribution < 1.29 is 9.15 Å². The molecule has 4 heteroatoms. The van der Waals surface area contributed by atoms with Crippen LogP contribution in [0.5, 0.6) is 11.5 Å². The number of ether oxygens (including phenoxy) is 1. The quantitative estimate of drug-likeness (QED) is 0.187. The number of furan rings is 1. The molecule has 0 fully saturated rings. The van der Waals surface area contributed by atoms with Crippen molar-refractivity contribution in [3.63, 3.8) is 0 Å². The van der Waals surface area contributed by atoms with Gasteiger partial charge in [0.25, 0.3) is 0 Å². The summed E-state index contributed by atoms with van der Waals surface area (Å²) < 4.78 is 13.0. The van der Waals surface area contributed by atoms with Crippen molar-refractivity contribution >= 4 is 66.8 Å². The SMILES string of the molecule is c1ccc(N2c3ccccc3Oc3cc(N(c4ccc(-c5cccc6c5oc5ccccc56)cc4)c4cccc5ccccc45)ccc32)cc1. The van der Waals surface area contributed by atoms with E-state index in [1.807, 2.05) is 30.3 Å². The Labute approximate surface area is 289 Å². The minimum absolute atomic E-state index is 0.795. The third-order valence-corrected chi connectivity index (χ3v) is 9.63. The Morgan fingerprint density at radius 3 is 2.04 bits per heavy atom. The third-order valence-electron chi connectivity index (χ3n) is 9.63. The number of benzene rings is 8. The largest absolute Gasteiger partial charge is 0.455 e. The molecule has 50 heavy (non-hydrogen) atoms. The van der Waals surface area contributed by atoms with Crippen molar-refractivity contribution in [3.8, 4) is 22.6 Å². The van der Waals surface area contributed by atoms with Gasteiger partial charge in [0.1, 0.15) is 11.2 Å². The molecule has 0 saturated heterocycles. The van der Waals surface area contributed by atoms with Crippen molar-refractivity contribution in [2.75, 3.05) is 9.80 Å². The number of anilines is 6. The second kappa shape index (κ2) is 11.4. The molecule has 0 spiro atoms. The highest BCUT2D eigenvalue weighted by Gasteiger charge is 2.27. The molecule has 2 heterocycles. The van der Waals surface area contributed by atoms with E-state index in [4.69, 9.17) is 9.15 Å². The van der Waals surface area contributed by atoms with Gasteiger partial charge in [-0.05, 0) is 71.6 Å². The molecule has 236 valence electrons. The van der Waals surface area contributed by atoms with Crippen molar-refractivity contribution in [3.05, 3.63) is 182 Å². The van der Waals surface area contributed by atoms with Crippen LogP contribution in [0.25, 0.3) is 43.8 Å². The van der Waals surface area contributed by atoms with Crippen LogP contribution in [0.4, 0.5) is 34.1 Å². The molecule has 8 aromatic carbocycles. The summed E-state index contributed by atoms with van der Waals surface area (Å²) in [5, 5.41) is 4.61. The van der Waals surface area contributed by atoms with Gasteiger partial charge in [0.05, 0.1) is 22.7 Å². The second-order valence-corrected chi connectivity index (χ2v) is 12.6. The average molecular weight is 643 g/mol. The van der Waals surface area contributed by atoms with Crippen LogP contribution in [0.15, 0.2) is 186 Å². The van der Waals surface area contributed by atoms with Crippen LogP contribution in [0.3, 0.4) is 0 Å². The lowest BCUT2D eigenvalue weighted by Crippen LogP contribution is -2.17. The van der Waals surface area contributed by atoms with Crippen molar-refractivity contribution in [1.82, 2.24) is 0 Å². The van der Waals surface area contributed by atoms with Gasteiger partial charge in [0.15, 0.2) is 11.5 Å². The Bertz CT molecular complexity index is 2690. The molecule has 9 aromatic rings. The van der Waals surface area contributed by atoms with Gasteiger partial charge < -0.3 is 19.0 Å². The van der Waals surface area contributed by atoms with Crippen molar-refractivity contribution in [2.45, 2.75) is 0 Å². The molecule has 0 radical (unpaired) electrons. The van der Waals surface area contributed by atoms with Gasteiger partial charge in [-0.1, -0.05) is 115 Å². The summed E-state index contributed by atoms with van der Waals surface area (Å²) in [4.78, 5) is 4.60. The van der Waals surface area contributed by atoms with Crippen molar-refractivity contribution in [2.24, 2.45) is 0 Å². The van der Waals surface area contributed by atoms with Gasteiger partial charge in [-0.25, -0.2) is 0 Å². The molecule has 0 saturated carbocycles. The van der Waals surface area contributed by atoms with Crippen LogP contribution < -0.4 is 14.5 Å². The minimum atomic E-state index is 0.795. The molecule has 1 aliphatic rings. The van der Waals surface area contributed by atoms with Gasteiger partial charge in [-0.2, -0.15) is 0 Å². The number of hydrogen-bond donors (Lipinski definition) is 0. The molecule has 10 rings (SSSR count). The minimum Gasteiger partial charge on any atom is -0.455 e. The normalized spacial score (nSPS) is 12.1. The van der Waals surface area contributed by atoms with E-state index < -0.39 is 0 Å². The fraction of sp³-hybridized carbons (Fsp3) is 0. The number of fused-ring (bicyclic) bond motifs is 6. The summed E-state index contributed by atoms with van der Waals surface area (Å²) >= 11 is 0. The Hall–Kier alpha value is -6.78. The predicted octanol–water partition coefficient (Wildman–Crippen LogP) is 13.5. The molecular weight excluding hydrogens is 613 g/mol. The first-order valence-corrected chi connectivity index (χ1v) is 16.8. The van der Waals surface area contributed by atoms with E-state index in [1.165, 1.54) is 10.8 Å². The van der Waals surface area contributed by atoms with Crippen LogP contribution in [0.1, 0.15) is 0 Å². The molecule has 0 aliphatic carbocycles. The van der Waals surface area contributed by atoms with Crippen LogP contribution in [0.2, 0.25) is 0 Å². The third kappa shape index (κ3) is 4.54. The number of hydrogen-bond acceptors (Lipinski definition) is 4. The molecule has 0 amide bonds. The first kappa shape index (κ1) is 28.3. The fourth-order valence-electron chi connectivity index (χ4n) is 7.34. The Balaban J connectivity index is 1.13. The van der Waals surface area contributed by atoms with Crippen LogP contribution in [0, 0.1) is 0 Å². The van der Waals surface area contributed by atoms with E-state index in [9.17, 15) is 0 Å². The van der Waals surface area contributed by atoms with Crippen LogP contribution in [-0.2, 0) is 0 Å². The first-order chi connectivity index (χ1) is 24.8. The predicted molar refractivity (Wildman–Crippen MR) is 206 cm³/mol. The van der Waals surface area contributed by atoms with E-state index in [1.54, 1.807) is 0 Å². The van der Waals surface area contributed by atoms with Crippen LogP contribution >= 0.6 is 0 Å². The molecule has 0 bridgehead atoms. The van der Waals surface area contributed by atoms with Gasteiger partial charge in [-0.15, -0.1) is 0 Å². The Morgan fingerprint density at radius 2 is 1.14 bits per heavy atom. The Morgan fingerprint density at radius 1 is 0.460 bits per heavy atom. The molecule has 0 atom stereocenters. The van der Waals surface area contributed by atoms with E-state index >= 15 is 0 Å². The van der Waals surface area contributed by atoms with Gasteiger partial charge in [0.2, 0.25) is 0 Å². The van der Waals surface area contributed by atoms with Crippen molar-refractivity contribution in [1.29, 1.82) is 0 Å². The zero-order valence-electron chi connectivity index (χ0n) is 27.0. The number of para-hydroxylation sites is 5. The smallest absolute Gasteiger partial charge is 0.153 e. The van der Waals surface area contributed by atoms with Gasteiger partial charge in [-0.3, -0.25) is 0 Å². The summed E-state index contributed by atoms with van der Waals surface area (Å²) in [5.74, 6) is 1.62. The summed E-state index contributed by atoms with van der Waals surface area (Å²) in [6.45, 7) is 0. The second-order valence-electron chi connectivity index (χ2n) is 12.6. The van der Waals surface area contributed by atoms with Crippen LogP contribution in [-0.4, -0.2) is 0 Å². The summed E-state index contributed by atoms with van der Waals surface area (Å²) in [7, 11) is 0. The lowest BCUT2D eigenvalue weighted by atomic mass is 10.0. The van der Waals surface area contributed by atoms with E-state index in [-0.39, 0.29) is 0 Å². The fourth-order valence-corrected chi connectivity index (χ4v) is 7.34. The molecule has 4 nitrogen and oxygen atoms in total. The maximum atomic E-state index is 6.64. The highest BCUT2D eigenvalue weighted by Crippen LogP contribution is 2.52. The number of nitrogens with zero attached hydrogens (tertiary/aromatic N) is 2. The molecule has 0 unspecified atom stereocenters. The summed E-state index contributed by atoms with van der Waals surface area (Å²) in [6, 6.07) is 63.6. The van der Waals surface area contributed by atoms with Gasteiger partial charge >= 0.3 is 0 Å². The zero-order chi connectivity index (χ0) is 33.0. The van der Waals surface area contributed by atoms with E-state index in [2.05, 4.69) is 161 Å². The van der Waals surface area contributed by atoms with E-state index in [0.717, 1.165) is 78.7 Å². The molecule has 1 aliphatic heterocycles.